The number of carbonyl (C=O) groups is 2. The van der Waals surface area contributed by atoms with Crippen LogP contribution in [0, 0.1) is 10.1 Å². The van der Waals surface area contributed by atoms with Gasteiger partial charge in [0.25, 0.3) is 11.6 Å². The molecule has 1 amide bonds. The van der Waals surface area contributed by atoms with Crippen LogP contribution in [0.2, 0.25) is 5.02 Å². The van der Waals surface area contributed by atoms with Crippen LogP contribution in [-0.4, -0.2) is 36.2 Å². The van der Waals surface area contributed by atoms with E-state index in [2.05, 4.69) is 26.5 Å². The van der Waals surface area contributed by atoms with Gasteiger partial charge in [-0.1, -0.05) is 11.6 Å². The largest absolute Gasteiger partial charge is 0.490 e. The van der Waals surface area contributed by atoms with E-state index in [0.29, 0.717) is 27.4 Å². The van der Waals surface area contributed by atoms with Crippen molar-refractivity contribution in [2.45, 2.75) is 6.92 Å². The van der Waals surface area contributed by atoms with Gasteiger partial charge in [0.2, 0.25) is 0 Å². The first kappa shape index (κ1) is 26.6. The Bertz CT molecular complexity index is 1300. The SMILES string of the molecule is CCOc1cc(C=NNC(=O)COc2ccc(Cl)cc2Br)ccc1OC(=O)c1ccc([N+](=O)[O-])cc1. The zero-order chi connectivity index (χ0) is 26.1. The standard InChI is InChI=1S/C24H19BrClN3O7/c1-2-34-22-11-15(13-27-28-23(30)14-35-20-10-6-17(26)12-19(20)25)3-9-21(22)36-24(31)16-4-7-18(8-5-16)29(32)33/h3-13H,2,14H2,1H3,(H,28,30). The van der Waals surface area contributed by atoms with Gasteiger partial charge in [0.05, 0.1) is 27.8 Å². The molecule has 36 heavy (non-hydrogen) atoms. The van der Waals surface area contributed by atoms with E-state index in [9.17, 15) is 19.7 Å². The molecule has 0 aliphatic heterocycles. The summed E-state index contributed by atoms with van der Waals surface area (Å²) in [5.41, 5.74) is 2.93. The third-order valence-corrected chi connectivity index (χ3v) is 5.29. The van der Waals surface area contributed by atoms with Crippen molar-refractivity contribution >= 4 is 51.3 Å². The second-order valence-corrected chi connectivity index (χ2v) is 8.28. The molecule has 0 fully saturated rings. The predicted molar refractivity (Wildman–Crippen MR) is 136 cm³/mol. The Balaban J connectivity index is 1.60. The lowest BCUT2D eigenvalue weighted by Gasteiger charge is -2.11. The number of hydrogen-bond donors (Lipinski definition) is 1. The van der Waals surface area contributed by atoms with Gasteiger partial charge in [-0.05, 0) is 76.9 Å². The minimum Gasteiger partial charge on any atom is -0.490 e. The van der Waals surface area contributed by atoms with Crippen LogP contribution in [0.1, 0.15) is 22.8 Å². The highest BCUT2D eigenvalue weighted by Gasteiger charge is 2.15. The van der Waals surface area contributed by atoms with Gasteiger partial charge in [-0.3, -0.25) is 14.9 Å². The summed E-state index contributed by atoms with van der Waals surface area (Å²) in [4.78, 5) is 34.7. The molecule has 3 aromatic carbocycles. The van der Waals surface area contributed by atoms with E-state index in [0.717, 1.165) is 0 Å². The van der Waals surface area contributed by atoms with Crippen molar-refractivity contribution in [3.8, 4) is 17.2 Å². The van der Waals surface area contributed by atoms with E-state index in [1.165, 1.54) is 36.5 Å². The number of esters is 1. The van der Waals surface area contributed by atoms with Gasteiger partial charge < -0.3 is 14.2 Å². The maximum Gasteiger partial charge on any atom is 0.343 e. The molecule has 0 aliphatic carbocycles. The van der Waals surface area contributed by atoms with Crippen molar-refractivity contribution in [2.24, 2.45) is 5.10 Å². The molecule has 3 rings (SSSR count). The Morgan fingerprint density at radius 2 is 1.78 bits per heavy atom. The van der Waals surface area contributed by atoms with Crippen LogP contribution >= 0.6 is 27.5 Å². The Morgan fingerprint density at radius 1 is 1.06 bits per heavy atom. The van der Waals surface area contributed by atoms with Gasteiger partial charge in [0.1, 0.15) is 5.75 Å². The molecule has 0 unspecified atom stereocenters. The lowest BCUT2D eigenvalue weighted by molar-refractivity contribution is -0.384. The van der Waals surface area contributed by atoms with E-state index < -0.39 is 16.8 Å². The molecule has 0 radical (unpaired) electrons. The summed E-state index contributed by atoms with van der Waals surface area (Å²) in [5, 5.41) is 15.2. The van der Waals surface area contributed by atoms with Crippen molar-refractivity contribution in [1.29, 1.82) is 0 Å². The molecule has 0 aliphatic rings. The fourth-order valence-corrected chi connectivity index (χ4v) is 3.58. The molecule has 0 bridgehead atoms. The van der Waals surface area contributed by atoms with Gasteiger partial charge in [0, 0.05) is 17.2 Å². The summed E-state index contributed by atoms with van der Waals surface area (Å²) < 4.78 is 17.0. The summed E-state index contributed by atoms with van der Waals surface area (Å²) in [6, 6.07) is 14.7. The van der Waals surface area contributed by atoms with Crippen LogP contribution < -0.4 is 19.6 Å². The number of ether oxygens (including phenoxy) is 3. The monoisotopic (exact) mass is 575 g/mol. The van der Waals surface area contributed by atoms with Gasteiger partial charge in [-0.25, -0.2) is 10.2 Å². The summed E-state index contributed by atoms with van der Waals surface area (Å²) in [6.07, 6.45) is 1.39. The number of nitrogens with one attached hydrogen (secondary N) is 1. The number of benzene rings is 3. The van der Waals surface area contributed by atoms with E-state index in [1.54, 1.807) is 37.3 Å². The van der Waals surface area contributed by atoms with Gasteiger partial charge in [-0.15, -0.1) is 0 Å². The number of non-ortho nitro benzene ring substituents is 1. The van der Waals surface area contributed by atoms with Crippen molar-refractivity contribution in [3.63, 3.8) is 0 Å². The highest BCUT2D eigenvalue weighted by molar-refractivity contribution is 9.10. The Labute approximate surface area is 219 Å². The number of carbonyl (C=O) groups excluding carboxylic acids is 2. The molecule has 1 N–H and O–H groups in total. The fraction of sp³-hybridized carbons (Fsp3) is 0.125. The van der Waals surface area contributed by atoms with Crippen LogP contribution in [0.3, 0.4) is 0 Å². The number of hydrogen-bond acceptors (Lipinski definition) is 8. The van der Waals surface area contributed by atoms with Crippen molar-refractivity contribution < 1.29 is 28.7 Å². The Hall–Kier alpha value is -3.96. The Kier molecular flexibility index (Phi) is 9.37. The first-order chi connectivity index (χ1) is 17.3. The minimum atomic E-state index is -0.702. The van der Waals surface area contributed by atoms with Crippen LogP contribution in [-0.2, 0) is 4.79 Å². The zero-order valence-electron chi connectivity index (χ0n) is 18.8. The molecule has 3 aromatic rings. The smallest absolute Gasteiger partial charge is 0.343 e. The van der Waals surface area contributed by atoms with Crippen LogP contribution in [0.5, 0.6) is 17.2 Å². The Morgan fingerprint density at radius 3 is 2.44 bits per heavy atom. The number of halogens is 2. The normalized spacial score (nSPS) is 10.6. The van der Waals surface area contributed by atoms with E-state index in [-0.39, 0.29) is 29.4 Å². The number of nitro benzene ring substituents is 1. The maximum absolute atomic E-state index is 12.4. The number of nitrogens with zero attached hydrogens (tertiary/aromatic N) is 2. The van der Waals surface area contributed by atoms with Gasteiger partial charge in [-0.2, -0.15) is 5.10 Å². The highest BCUT2D eigenvalue weighted by Crippen LogP contribution is 2.29. The van der Waals surface area contributed by atoms with Crippen LogP contribution in [0.4, 0.5) is 5.69 Å². The van der Waals surface area contributed by atoms with Crippen LogP contribution in [0.15, 0.2) is 70.2 Å². The molecule has 186 valence electrons. The minimum absolute atomic E-state index is 0.137. The number of amides is 1. The van der Waals surface area contributed by atoms with E-state index in [1.807, 2.05) is 0 Å². The second kappa shape index (κ2) is 12.7. The number of hydrazone groups is 1. The molecule has 12 heteroatoms. The molecule has 10 nitrogen and oxygen atoms in total. The lowest BCUT2D eigenvalue weighted by atomic mass is 10.2. The quantitative estimate of drug-likeness (QED) is 0.116. The summed E-state index contributed by atoms with van der Waals surface area (Å²) >= 11 is 9.18. The van der Waals surface area contributed by atoms with Crippen molar-refractivity contribution in [2.75, 3.05) is 13.2 Å². The topological polar surface area (TPSA) is 129 Å². The average molecular weight is 577 g/mol. The summed E-state index contributed by atoms with van der Waals surface area (Å²) in [5.74, 6) is -0.292. The molecule has 0 atom stereocenters. The molecular weight excluding hydrogens is 558 g/mol. The molecular formula is C24H19BrClN3O7. The van der Waals surface area contributed by atoms with E-state index in [4.69, 9.17) is 25.8 Å². The molecule has 0 saturated heterocycles. The van der Waals surface area contributed by atoms with Crippen LogP contribution in [0.25, 0.3) is 0 Å². The van der Waals surface area contributed by atoms with Crippen molar-refractivity contribution in [1.82, 2.24) is 5.43 Å². The molecule has 0 saturated carbocycles. The molecule has 0 spiro atoms. The second-order valence-electron chi connectivity index (χ2n) is 6.99. The number of nitro groups is 1. The average Bonchev–Trinajstić information content (AvgIpc) is 2.85. The van der Waals surface area contributed by atoms with Crippen molar-refractivity contribution in [3.05, 3.63) is 91.4 Å². The zero-order valence-corrected chi connectivity index (χ0v) is 21.1. The van der Waals surface area contributed by atoms with Gasteiger partial charge in [0.15, 0.2) is 18.1 Å². The molecule has 0 aromatic heterocycles. The summed E-state index contributed by atoms with van der Waals surface area (Å²) in [7, 11) is 0. The first-order valence-corrected chi connectivity index (χ1v) is 11.6. The summed E-state index contributed by atoms with van der Waals surface area (Å²) in [6.45, 7) is 1.80. The van der Waals surface area contributed by atoms with Gasteiger partial charge >= 0.3 is 5.97 Å². The molecule has 0 heterocycles. The fourth-order valence-electron chi connectivity index (χ4n) is 2.78. The number of rotatable bonds is 10. The maximum atomic E-state index is 12.4. The first-order valence-electron chi connectivity index (χ1n) is 10.4. The van der Waals surface area contributed by atoms with E-state index >= 15 is 0 Å². The lowest BCUT2D eigenvalue weighted by Crippen LogP contribution is -2.24. The predicted octanol–water partition coefficient (Wildman–Crippen LogP) is 5.16. The third kappa shape index (κ3) is 7.52. The highest BCUT2D eigenvalue weighted by atomic mass is 79.9. The third-order valence-electron chi connectivity index (χ3n) is 4.44.